The number of methoxy groups -OCH3 is 1. The molecule has 5 heteroatoms. The van der Waals surface area contributed by atoms with E-state index in [0.717, 1.165) is 26.5 Å². The van der Waals surface area contributed by atoms with Crippen molar-refractivity contribution in [3.63, 3.8) is 0 Å². The molecule has 0 fully saturated rings. The topological polar surface area (TPSA) is 48.2 Å². The van der Waals surface area contributed by atoms with Crippen LogP contribution in [0.3, 0.4) is 0 Å². The summed E-state index contributed by atoms with van der Waals surface area (Å²) in [6, 6.07) is 15.7. The molecule has 2 heterocycles. The molecule has 4 nitrogen and oxygen atoms in total. The fourth-order valence-corrected chi connectivity index (χ4v) is 3.21. The number of hydrogen-bond donors (Lipinski definition) is 0. The first-order valence-corrected chi connectivity index (χ1v) is 7.62. The first kappa shape index (κ1) is 13.0. The van der Waals surface area contributed by atoms with Gasteiger partial charge in [-0.15, -0.1) is 11.3 Å². The minimum absolute atomic E-state index is 0.530. The lowest BCUT2D eigenvalue weighted by Gasteiger charge is -2.04. The maximum absolute atomic E-state index is 5.88. The van der Waals surface area contributed by atoms with Crippen molar-refractivity contribution >= 4 is 21.6 Å². The molecule has 22 heavy (non-hydrogen) atoms. The van der Waals surface area contributed by atoms with Crippen molar-refractivity contribution in [1.82, 2.24) is 9.97 Å². The van der Waals surface area contributed by atoms with E-state index in [9.17, 15) is 0 Å². The molecule has 0 saturated carbocycles. The number of rotatable bonds is 3. The largest absolute Gasteiger partial charge is 0.496 e. The van der Waals surface area contributed by atoms with Gasteiger partial charge in [-0.2, -0.15) is 0 Å². The molecule has 0 atom stereocenters. The van der Waals surface area contributed by atoms with Crippen molar-refractivity contribution in [3.8, 4) is 28.0 Å². The summed E-state index contributed by atoms with van der Waals surface area (Å²) in [6.45, 7) is 0. The lowest BCUT2D eigenvalue weighted by Crippen LogP contribution is -1.85. The van der Waals surface area contributed by atoms with E-state index in [2.05, 4.69) is 9.97 Å². The predicted octanol–water partition coefficient (Wildman–Crippen LogP) is 4.63. The van der Waals surface area contributed by atoms with Crippen molar-refractivity contribution < 1.29 is 9.15 Å². The monoisotopic (exact) mass is 308 g/mol. The summed E-state index contributed by atoms with van der Waals surface area (Å²) >= 11 is 1.57. The van der Waals surface area contributed by atoms with Crippen LogP contribution in [0.4, 0.5) is 0 Å². The van der Waals surface area contributed by atoms with Crippen molar-refractivity contribution in [2.45, 2.75) is 0 Å². The molecule has 0 amide bonds. The van der Waals surface area contributed by atoms with E-state index >= 15 is 0 Å². The van der Waals surface area contributed by atoms with Crippen LogP contribution < -0.4 is 4.74 Å². The Morgan fingerprint density at radius 2 is 1.86 bits per heavy atom. The first-order chi connectivity index (χ1) is 10.8. The van der Waals surface area contributed by atoms with Gasteiger partial charge in [-0.25, -0.2) is 9.97 Å². The van der Waals surface area contributed by atoms with Crippen molar-refractivity contribution in [2.75, 3.05) is 7.11 Å². The second-order valence-corrected chi connectivity index (χ2v) is 5.75. The van der Waals surface area contributed by atoms with Gasteiger partial charge in [0, 0.05) is 0 Å². The molecule has 0 aliphatic rings. The lowest BCUT2D eigenvalue weighted by molar-refractivity contribution is 0.415. The Balaban J connectivity index is 1.77. The third-order valence-electron chi connectivity index (χ3n) is 3.35. The number of fused-ring (bicyclic) bond motifs is 1. The average molecular weight is 308 g/mol. The van der Waals surface area contributed by atoms with E-state index in [1.807, 2.05) is 48.5 Å². The molecule has 0 radical (unpaired) electrons. The van der Waals surface area contributed by atoms with Crippen LogP contribution in [0.2, 0.25) is 0 Å². The van der Waals surface area contributed by atoms with Crippen LogP contribution in [0.15, 0.2) is 59.1 Å². The lowest BCUT2D eigenvalue weighted by atomic mass is 10.1. The minimum atomic E-state index is 0.530. The zero-order valence-corrected chi connectivity index (χ0v) is 12.6. The normalized spacial score (nSPS) is 11.0. The Hall–Kier alpha value is -2.66. The number of aromatic nitrogens is 2. The summed E-state index contributed by atoms with van der Waals surface area (Å²) in [5.41, 5.74) is 1.84. The Bertz CT molecular complexity index is 909. The van der Waals surface area contributed by atoms with Crippen LogP contribution >= 0.6 is 11.3 Å². The van der Waals surface area contributed by atoms with Gasteiger partial charge in [0.1, 0.15) is 5.75 Å². The SMILES string of the molecule is COc1ccccc1-c1cnc(-c2nc3ccccc3s2)o1. The van der Waals surface area contributed by atoms with Gasteiger partial charge in [0.05, 0.1) is 29.1 Å². The smallest absolute Gasteiger partial charge is 0.256 e. The molecule has 0 unspecified atom stereocenters. The van der Waals surface area contributed by atoms with Crippen LogP contribution in [0.5, 0.6) is 5.75 Å². The second kappa shape index (κ2) is 5.27. The van der Waals surface area contributed by atoms with Gasteiger partial charge < -0.3 is 9.15 Å². The number of para-hydroxylation sites is 2. The van der Waals surface area contributed by atoms with Crippen molar-refractivity contribution in [2.24, 2.45) is 0 Å². The van der Waals surface area contributed by atoms with Gasteiger partial charge in [0.2, 0.25) is 0 Å². The fraction of sp³-hybridized carbons (Fsp3) is 0.0588. The van der Waals surface area contributed by atoms with E-state index in [-0.39, 0.29) is 0 Å². The molecule has 0 bridgehead atoms. The van der Waals surface area contributed by atoms with Crippen LogP contribution in [0, 0.1) is 0 Å². The number of thiazole rings is 1. The summed E-state index contributed by atoms with van der Waals surface area (Å²) in [4.78, 5) is 8.92. The molecule has 0 spiro atoms. The molecule has 0 N–H and O–H groups in total. The number of benzene rings is 2. The average Bonchev–Trinajstić information content (AvgIpc) is 3.21. The number of hydrogen-bond acceptors (Lipinski definition) is 5. The summed E-state index contributed by atoms with van der Waals surface area (Å²) in [7, 11) is 1.64. The van der Waals surface area contributed by atoms with E-state index in [1.54, 1.807) is 24.6 Å². The van der Waals surface area contributed by atoms with Gasteiger partial charge in [-0.3, -0.25) is 0 Å². The number of ether oxygens (including phenoxy) is 1. The summed E-state index contributed by atoms with van der Waals surface area (Å²) in [5, 5.41) is 0.780. The van der Waals surface area contributed by atoms with Gasteiger partial charge in [-0.1, -0.05) is 24.3 Å². The highest BCUT2D eigenvalue weighted by Gasteiger charge is 2.15. The minimum Gasteiger partial charge on any atom is -0.496 e. The highest BCUT2D eigenvalue weighted by molar-refractivity contribution is 7.21. The molecule has 0 aliphatic heterocycles. The van der Waals surface area contributed by atoms with Gasteiger partial charge >= 0.3 is 0 Å². The second-order valence-electron chi connectivity index (χ2n) is 4.72. The van der Waals surface area contributed by atoms with Crippen LogP contribution in [0.1, 0.15) is 0 Å². The molecule has 2 aromatic heterocycles. The summed E-state index contributed by atoms with van der Waals surface area (Å²) in [5.74, 6) is 1.96. The van der Waals surface area contributed by atoms with Crippen molar-refractivity contribution in [3.05, 3.63) is 54.7 Å². The predicted molar refractivity (Wildman–Crippen MR) is 87.1 cm³/mol. The summed E-state index contributed by atoms with van der Waals surface area (Å²) in [6.07, 6.45) is 1.71. The van der Waals surface area contributed by atoms with Gasteiger partial charge in [-0.05, 0) is 24.3 Å². The summed E-state index contributed by atoms with van der Waals surface area (Å²) < 4.78 is 12.4. The van der Waals surface area contributed by atoms with Crippen LogP contribution in [-0.4, -0.2) is 17.1 Å². The van der Waals surface area contributed by atoms with Crippen molar-refractivity contribution in [1.29, 1.82) is 0 Å². The highest BCUT2D eigenvalue weighted by Crippen LogP contribution is 2.34. The Morgan fingerprint density at radius 3 is 2.73 bits per heavy atom. The molecular weight excluding hydrogens is 296 g/mol. The Kier molecular flexibility index (Phi) is 3.12. The van der Waals surface area contributed by atoms with Gasteiger partial charge in [0.15, 0.2) is 10.8 Å². The molecule has 2 aromatic carbocycles. The molecule has 4 aromatic rings. The van der Waals surface area contributed by atoms with E-state index in [0.29, 0.717) is 11.7 Å². The number of nitrogens with zero attached hydrogens (tertiary/aromatic N) is 2. The third-order valence-corrected chi connectivity index (χ3v) is 4.38. The van der Waals surface area contributed by atoms with E-state index < -0.39 is 0 Å². The maximum atomic E-state index is 5.88. The fourth-order valence-electron chi connectivity index (χ4n) is 2.31. The Labute approximate surface area is 131 Å². The quantitative estimate of drug-likeness (QED) is 0.554. The molecule has 4 rings (SSSR count). The molecule has 0 saturated heterocycles. The van der Waals surface area contributed by atoms with E-state index in [4.69, 9.17) is 9.15 Å². The zero-order valence-electron chi connectivity index (χ0n) is 11.8. The zero-order chi connectivity index (χ0) is 14.9. The van der Waals surface area contributed by atoms with Crippen LogP contribution in [0.25, 0.3) is 32.4 Å². The standard InChI is InChI=1S/C17H12N2O2S/c1-20-13-8-4-2-6-11(13)14-10-18-16(21-14)17-19-12-7-3-5-9-15(12)22-17/h2-10H,1H3. The number of oxazole rings is 1. The van der Waals surface area contributed by atoms with Crippen LogP contribution in [-0.2, 0) is 0 Å². The molecule has 0 aliphatic carbocycles. The molecule has 108 valence electrons. The third kappa shape index (κ3) is 2.16. The Morgan fingerprint density at radius 1 is 1.05 bits per heavy atom. The molecular formula is C17H12N2O2S. The highest BCUT2D eigenvalue weighted by atomic mass is 32.1. The maximum Gasteiger partial charge on any atom is 0.256 e. The van der Waals surface area contributed by atoms with E-state index in [1.165, 1.54) is 0 Å². The first-order valence-electron chi connectivity index (χ1n) is 6.80. The van der Waals surface area contributed by atoms with Gasteiger partial charge in [0.25, 0.3) is 5.89 Å².